The number of carbonyl (C=O) groups excluding carboxylic acids is 1. The Morgan fingerprint density at radius 3 is 3.05 bits per heavy atom. The highest BCUT2D eigenvalue weighted by molar-refractivity contribution is 5.75. The average molecular weight is 266 g/mol. The van der Waals surface area contributed by atoms with Crippen molar-refractivity contribution in [1.29, 1.82) is 0 Å². The summed E-state index contributed by atoms with van der Waals surface area (Å²) in [6.45, 7) is 3.05. The number of piperidine rings is 1. The van der Waals surface area contributed by atoms with E-state index in [-0.39, 0.29) is 5.91 Å². The Morgan fingerprint density at radius 2 is 2.37 bits per heavy atom. The van der Waals surface area contributed by atoms with Crippen LogP contribution in [0.1, 0.15) is 24.8 Å². The van der Waals surface area contributed by atoms with Crippen LogP contribution in [0.5, 0.6) is 0 Å². The van der Waals surface area contributed by atoms with Crippen LogP contribution in [0.3, 0.4) is 0 Å². The lowest BCUT2D eigenvalue weighted by molar-refractivity contribution is -0.122. The summed E-state index contributed by atoms with van der Waals surface area (Å²) in [6, 6.07) is 0. The van der Waals surface area contributed by atoms with Gasteiger partial charge in [-0.2, -0.15) is 5.10 Å². The summed E-state index contributed by atoms with van der Waals surface area (Å²) in [5.74, 6) is 0.0257. The molecule has 1 amide bonds. The van der Waals surface area contributed by atoms with Crippen LogP contribution in [0, 0.1) is 0 Å². The molecule has 6 heteroatoms. The van der Waals surface area contributed by atoms with Gasteiger partial charge in [0, 0.05) is 31.8 Å². The first-order chi connectivity index (χ1) is 9.24. The van der Waals surface area contributed by atoms with Crippen LogP contribution in [-0.2, 0) is 23.1 Å². The lowest BCUT2D eigenvalue weighted by atomic mass is 10.1. The van der Waals surface area contributed by atoms with Gasteiger partial charge in [-0.05, 0) is 25.9 Å². The molecule has 0 bridgehead atoms. The van der Waals surface area contributed by atoms with Gasteiger partial charge in [0.2, 0.25) is 5.91 Å². The Balaban J connectivity index is 1.56. The van der Waals surface area contributed by atoms with Crippen LogP contribution in [-0.4, -0.2) is 41.5 Å². The monoisotopic (exact) mass is 266 g/mol. The molecule has 106 valence electrons. The van der Waals surface area contributed by atoms with Crippen molar-refractivity contribution in [2.45, 2.75) is 31.9 Å². The van der Waals surface area contributed by atoms with Crippen molar-refractivity contribution in [3.05, 3.63) is 18.0 Å². The number of amides is 1. The number of ether oxygens (including phenoxy) is 1. The standard InChI is InChI=1S/C13H22N4O2/c1-17-10-11(9-16-17)8-15-13(18)4-7-19-12-2-5-14-6-3-12/h9-10,12,14H,2-8H2,1H3,(H,15,18). The summed E-state index contributed by atoms with van der Waals surface area (Å²) in [5.41, 5.74) is 1.01. The summed E-state index contributed by atoms with van der Waals surface area (Å²) in [7, 11) is 1.86. The Morgan fingerprint density at radius 1 is 1.58 bits per heavy atom. The summed E-state index contributed by atoms with van der Waals surface area (Å²) >= 11 is 0. The average Bonchev–Trinajstić information content (AvgIpc) is 2.83. The SMILES string of the molecule is Cn1cc(CNC(=O)CCOC2CCNCC2)cn1. The minimum absolute atomic E-state index is 0.0257. The molecule has 1 fully saturated rings. The van der Waals surface area contributed by atoms with Crippen molar-refractivity contribution in [1.82, 2.24) is 20.4 Å². The van der Waals surface area contributed by atoms with E-state index in [2.05, 4.69) is 15.7 Å². The van der Waals surface area contributed by atoms with E-state index < -0.39 is 0 Å². The number of hydrogen-bond donors (Lipinski definition) is 2. The molecule has 0 aromatic carbocycles. The zero-order chi connectivity index (χ0) is 13.5. The van der Waals surface area contributed by atoms with Crippen molar-refractivity contribution in [3.63, 3.8) is 0 Å². The van der Waals surface area contributed by atoms with Gasteiger partial charge in [-0.1, -0.05) is 0 Å². The molecule has 1 saturated heterocycles. The zero-order valence-electron chi connectivity index (χ0n) is 11.4. The van der Waals surface area contributed by atoms with Crippen molar-refractivity contribution in [2.75, 3.05) is 19.7 Å². The molecule has 1 aliphatic rings. The molecular formula is C13H22N4O2. The fraction of sp³-hybridized carbons (Fsp3) is 0.692. The molecule has 0 unspecified atom stereocenters. The third-order valence-corrected chi connectivity index (χ3v) is 3.22. The molecule has 2 rings (SSSR count). The quantitative estimate of drug-likeness (QED) is 0.771. The molecule has 1 aliphatic heterocycles. The van der Waals surface area contributed by atoms with Crippen molar-refractivity contribution in [3.8, 4) is 0 Å². The van der Waals surface area contributed by atoms with E-state index in [1.165, 1.54) is 0 Å². The number of hydrogen-bond acceptors (Lipinski definition) is 4. The minimum Gasteiger partial charge on any atom is -0.378 e. The largest absolute Gasteiger partial charge is 0.378 e. The Labute approximate surface area is 113 Å². The van der Waals surface area contributed by atoms with Gasteiger partial charge in [0.05, 0.1) is 18.9 Å². The van der Waals surface area contributed by atoms with Crippen LogP contribution in [0.4, 0.5) is 0 Å². The maximum Gasteiger partial charge on any atom is 0.222 e. The van der Waals surface area contributed by atoms with E-state index >= 15 is 0 Å². The second kappa shape index (κ2) is 7.25. The third kappa shape index (κ3) is 5.00. The molecule has 0 atom stereocenters. The number of rotatable bonds is 6. The van der Waals surface area contributed by atoms with Gasteiger partial charge in [0.1, 0.15) is 0 Å². The van der Waals surface area contributed by atoms with Gasteiger partial charge < -0.3 is 15.4 Å². The molecule has 0 saturated carbocycles. The molecule has 1 aromatic rings. The lowest BCUT2D eigenvalue weighted by Gasteiger charge is -2.22. The van der Waals surface area contributed by atoms with Crippen LogP contribution < -0.4 is 10.6 Å². The van der Waals surface area contributed by atoms with E-state index in [1.807, 2.05) is 13.2 Å². The predicted octanol–water partition coefficient (Wildman–Crippen LogP) is 0.195. The van der Waals surface area contributed by atoms with Gasteiger partial charge in [-0.25, -0.2) is 0 Å². The molecule has 2 heterocycles. The normalized spacial score (nSPS) is 16.5. The Kier molecular flexibility index (Phi) is 5.35. The van der Waals surface area contributed by atoms with Crippen LogP contribution in [0.15, 0.2) is 12.4 Å². The fourth-order valence-electron chi connectivity index (χ4n) is 2.13. The van der Waals surface area contributed by atoms with Gasteiger partial charge >= 0.3 is 0 Å². The molecule has 0 spiro atoms. The Hall–Kier alpha value is -1.40. The van der Waals surface area contributed by atoms with Crippen LogP contribution >= 0.6 is 0 Å². The van der Waals surface area contributed by atoms with Crippen LogP contribution in [0.2, 0.25) is 0 Å². The van der Waals surface area contributed by atoms with Gasteiger partial charge in [0.15, 0.2) is 0 Å². The summed E-state index contributed by atoms with van der Waals surface area (Å²) in [5, 5.41) is 10.2. The maximum absolute atomic E-state index is 11.6. The number of nitrogens with zero attached hydrogens (tertiary/aromatic N) is 2. The summed E-state index contributed by atoms with van der Waals surface area (Å²) < 4.78 is 7.42. The highest BCUT2D eigenvalue weighted by Crippen LogP contribution is 2.07. The number of carbonyl (C=O) groups is 1. The minimum atomic E-state index is 0.0257. The van der Waals surface area contributed by atoms with E-state index in [1.54, 1.807) is 10.9 Å². The second-order valence-electron chi connectivity index (χ2n) is 4.87. The second-order valence-corrected chi connectivity index (χ2v) is 4.87. The van der Waals surface area contributed by atoms with E-state index in [0.717, 1.165) is 31.5 Å². The molecular weight excluding hydrogens is 244 g/mol. The van der Waals surface area contributed by atoms with E-state index in [4.69, 9.17) is 4.74 Å². The van der Waals surface area contributed by atoms with Gasteiger partial charge in [-0.15, -0.1) is 0 Å². The fourth-order valence-corrected chi connectivity index (χ4v) is 2.13. The Bertz CT molecular complexity index is 399. The number of nitrogens with one attached hydrogen (secondary N) is 2. The van der Waals surface area contributed by atoms with Gasteiger partial charge in [0.25, 0.3) is 0 Å². The first-order valence-electron chi connectivity index (χ1n) is 6.80. The third-order valence-electron chi connectivity index (χ3n) is 3.22. The van der Waals surface area contributed by atoms with Gasteiger partial charge in [-0.3, -0.25) is 9.48 Å². The van der Waals surface area contributed by atoms with E-state index in [9.17, 15) is 4.79 Å². The first-order valence-corrected chi connectivity index (χ1v) is 6.80. The lowest BCUT2D eigenvalue weighted by Crippen LogP contribution is -2.33. The topological polar surface area (TPSA) is 68.2 Å². The molecule has 19 heavy (non-hydrogen) atoms. The molecule has 0 radical (unpaired) electrons. The predicted molar refractivity (Wildman–Crippen MR) is 71.5 cm³/mol. The van der Waals surface area contributed by atoms with E-state index in [0.29, 0.717) is 25.7 Å². The van der Waals surface area contributed by atoms with Crippen LogP contribution in [0.25, 0.3) is 0 Å². The molecule has 6 nitrogen and oxygen atoms in total. The highest BCUT2D eigenvalue weighted by atomic mass is 16.5. The number of aryl methyl sites for hydroxylation is 1. The smallest absolute Gasteiger partial charge is 0.222 e. The molecule has 1 aromatic heterocycles. The first kappa shape index (κ1) is 14.0. The van der Waals surface area contributed by atoms with Crippen molar-refractivity contribution in [2.24, 2.45) is 7.05 Å². The zero-order valence-corrected chi connectivity index (χ0v) is 11.4. The van der Waals surface area contributed by atoms with Crippen molar-refractivity contribution >= 4 is 5.91 Å². The highest BCUT2D eigenvalue weighted by Gasteiger charge is 2.13. The molecule has 0 aliphatic carbocycles. The summed E-state index contributed by atoms with van der Waals surface area (Å²) in [6.07, 6.45) is 6.46. The maximum atomic E-state index is 11.6. The number of aromatic nitrogens is 2. The molecule has 2 N–H and O–H groups in total. The summed E-state index contributed by atoms with van der Waals surface area (Å²) in [4.78, 5) is 11.6. The van der Waals surface area contributed by atoms with Crippen molar-refractivity contribution < 1.29 is 9.53 Å².